The molecule has 0 bridgehead atoms. The van der Waals surface area contributed by atoms with Crippen LogP contribution in [-0.4, -0.2) is 68.2 Å². The van der Waals surface area contributed by atoms with Gasteiger partial charge in [0.1, 0.15) is 0 Å². The average molecular weight is 263 g/mol. The van der Waals surface area contributed by atoms with Crippen molar-refractivity contribution < 1.29 is 44.2 Å². The molecule has 10 nitrogen and oxygen atoms in total. The molecule has 1 fully saturated rings. The Morgan fingerprint density at radius 2 is 0.923 bits per heavy atom. The van der Waals surface area contributed by atoms with E-state index in [0.717, 1.165) is 0 Å². The Morgan fingerprint density at radius 1 is 0.615 bits per heavy atom. The maximum atomic E-state index is 10.2. The molecule has 1 heterocycles. The summed E-state index contributed by atoms with van der Waals surface area (Å²) in [5, 5.41) is 6.46. The Morgan fingerprint density at radius 3 is 1.23 bits per heavy atom. The molecule has 0 amide bonds. The molecule has 0 aromatic rings. The van der Waals surface area contributed by atoms with E-state index in [0.29, 0.717) is 0 Å². The first kappa shape index (κ1) is 14.3. The fraction of sp³-hybridized carbons (Fsp3) is 0. The van der Waals surface area contributed by atoms with Crippen molar-refractivity contribution >= 4 is 72.2 Å². The fourth-order valence-electron chi connectivity index (χ4n) is 0.181. The van der Waals surface area contributed by atoms with Crippen molar-refractivity contribution in [2.45, 2.75) is 0 Å². The van der Waals surface area contributed by atoms with Crippen molar-refractivity contribution in [2.24, 2.45) is 0 Å². The van der Waals surface area contributed by atoms with Crippen LogP contribution in [0.3, 0.4) is 0 Å². The van der Waals surface area contributed by atoms with Crippen LogP contribution in [0.15, 0.2) is 0 Å². The zero-order valence-electron chi connectivity index (χ0n) is 5.90. The first-order valence-corrected chi connectivity index (χ1v) is 4.67. The zero-order valence-corrected chi connectivity index (χ0v) is 10.7. The Bertz CT molecular complexity index is 297. The predicted octanol–water partition coefficient (Wildman–Crippen LogP) is -2.13. The summed E-state index contributed by atoms with van der Waals surface area (Å²) in [5.74, 6) is 0. The number of hydrogen-bond acceptors (Lipinski definition) is 10. The predicted molar refractivity (Wildman–Crippen MR) is 30.1 cm³/mol. The first-order chi connectivity index (χ1) is 5.41. The first-order valence-electron chi connectivity index (χ1n) is 2.00. The third-order valence-electron chi connectivity index (χ3n) is 0.444. The fourth-order valence-corrected chi connectivity index (χ4v) is 0.953. The molecule has 1 saturated heterocycles. The molecule has 0 aromatic carbocycles. The van der Waals surface area contributed by atoms with E-state index < -0.39 is 20.8 Å². The van der Waals surface area contributed by atoms with Crippen molar-refractivity contribution in [1.82, 2.24) is 0 Å². The van der Waals surface area contributed by atoms with Gasteiger partial charge in [0.25, 0.3) is 0 Å². The third kappa shape index (κ3) is 5.67. The molecular formula is KO10S2. The Kier molecular flexibility index (Phi) is 5.94. The van der Waals surface area contributed by atoms with Crippen molar-refractivity contribution in [3.05, 3.63) is 0 Å². The van der Waals surface area contributed by atoms with E-state index in [1.807, 2.05) is 0 Å². The van der Waals surface area contributed by atoms with E-state index in [1.54, 1.807) is 0 Å². The molecule has 1 radical (unpaired) electrons. The molecule has 1 aliphatic rings. The summed E-state index contributed by atoms with van der Waals surface area (Å²) in [6.45, 7) is 0. The van der Waals surface area contributed by atoms with Gasteiger partial charge < -0.3 is 0 Å². The van der Waals surface area contributed by atoms with Crippen LogP contribution in [0.4, 0.5) is 0 Å². The normalized spacial score (nSPS) is 26.5. The second kappa shape index (κ2) is 5.40. The summed E-state index contributed by atoms with van der Waals surface area (Å²) in [5.41, 5.74) is 0. The van der Waals surface area contributed by atoms with E-state index in [1.165, 1.54) is 0 Å². The Balaban J connectivity index is 0.00000144. The molecule has 1 rings (SSSR count). The SMILES string of the molecule is O=S1(=O)OOOOS(=O)(=O)OO1.[K]. The molecule has 0 spiro atoms. The molecule has 1 aliphatic heterocycles. The van der Waals surface area contributed by atoms with Gasteiger partial charge in [-0.15, -0.1) is 0 Å². The van der Waals surface area contributed by atoms with Crippen molar-refractivity contribution in [3.63, 3.8) is 0 Å². The van der Waals surface area contributed by atoms with E-state index >= 15 is 0 Å². The smallest absolute Gasteiger partial charge is 0.164 e. The molecule has 0 atom stereocenters. The molecule has 0 aromatic heterocycles. The van der Waals surface area contributed by atoms with Gasteiger partial charge in [0.15, 0.2) is 0 Å². The van der Waals surface area contributed by atoms with Crippen LogP contribution in [0.1, 0.15) is 0 Å². The quantitative estimate of drug-likeness (QED) is 0.353. The minimum atomic E-state index is -4.74. The van der Waals surface area contributed by atoms with Crippen LogP contribution >= 0.6 is 0 Å². The van der Waals surface area contributed by atoms with Crippen LogP contribution in [-0.2, 0) is 48.2 Å². The van der Waals surface area contributed by atoms with Gasteiger partial charge in [-0.05, 0) is 18.7 Å². The Hall–Kier alpha value is 1.30. The average Bonchev–Trinajstić information content (AvgIpc) is 1.94. The maximum Gasteiger partial charge on any atom is 0.456 e. The van der Waals surface area contributed by atoms with Gasteiger partial charge in [0.05, 0.1) is 0 Å². The topological polar surface area (TPSA) is 124 Å². The standard InChI is InChI=1S/K.O10S2/c;1-11(2)7-5-6-8-12(3,4)10-9-11. The van der Waals surface area contributed by atoms with Crippen LogP contribution < -0.4 is 0 Å². The van der Waals surface area contributed by atoms with Gasteiger partial charge in [-0.1, -0.05) is 8.67 Å². The summed E-state index contributed by atoms with van der Waals surface area (Å²) in [4.78, 5) is 0. The van der Waals surface area contributed by atoms with Crippen LogP contribution in [0, 0.1) is 0 Å². The van der Waals surface area contributed by atoms with Crippen molar-refractivity contribution in [1.29, 1.82) is 0 Å². The Labute approximate surface area is 115 Å². The van der Waals surface area contributed by atoms with E-state index in [4.69, 9.17) is 0 Å². The number of hydrogen-bond donors (Lipinski definition) is 0. The second-order valence-electron chi connectivity index (χ2n) is 1.22. The van der Waals surface area contributed by atoms with Gasteiger partial charge >= 0.3 is 20.8 Å². The van der Waals surface area contributed by atoms with E-state index in [-0.39, 0.29) is 51.4 Å². The molecule has 0 saturated carbocycles. The van der Waals surface area contributed by atoms with Crippen LogP contribution in [0.2, 0.25) is 0 Å². The molecular weight excluding hydrogens is 263 g/mol. The third-order valence-corrected chi connectivity index (χ3v) is 1.44. The summed E-state index contributed by atoms with van der Waals surface area (Å²) < 4.78 is 53.9. The summed E-state index contributed by atoms with van der Waals surface area (Å²) in [6, 6.07) is 0. The summed E-state index contributed by atoms with van der Waals surface area (Å²) in [6.07, 6.45) is 0. The molecule has 0 unspecified atom stereocenters. The minimum absolute atomic E-state index is 0. The van der Waals surface area contributed by atoms with Gasteiger partial charge in [-0.3, -0.25) is 0 Å². The molecule has 13 heteroatoms. The largest absolute Gasteiger partial charge is 0.456 e. The maximum absolute atomic E-state index is 10.2. The molecule has 0 aliphatic carbocycles. The van der Waals surface area contributed by atoms with E-state index in [2.05, 4.69) is 27.4 Å². The second-order valence-corrected chi connectivity index (χ2v) is 3.40. The van der Waals surface area contributed by atoms with Gasteiger partial charge in [0.2, 0.25) is 0 Å². The molecule has 0 N–H and O–H groups in total. The minimum Gasteiger partial charge on any atom is -0.164 e. The number of rotatable bonds is 0. The van der Waals surface area contributed by atoms with E-state index in [9.17, 15) is 16.8 Å². The van der Waals surface area contributed by atoms with Crippen LogP contribution in [0.25, 0.3) is 0 Å². The van der Waals surface area contributed by atoms with Gasteiger partial charge in [-0.2, -0.15) is 16.8 Å². The summed E-state index contributed by atoms with van der Waals surface area (Å²) in [7, 11) is -9.48. The monoisotopic (exact) mass is 263 g/mol. The zero-order chi connectivity index (χ0) is 9.24. The summed E-state index contributed by atoms with van der Waals surface area (Å²) >= 11 is 0. The van der Waals surface area contributed by atoms with Gasteiger partial charge in [-0.25, -0.2) is 0 Å². The molecule has 73 valence electrons. The van der Waals surface area contributed by atoms with Crippen molar-refractivity contribution in [2.75, 3.05) is 0 Å². The van der Waals surface area contributed by atoms with Gasteiger partial charge in [0, 0.05) is 51.4 Å². The van der Waals surface area contributed by atoms with Crippen LogP contribution in [0.5, 0.6) is 0 Å². The van der Waals surface area contributed by atoms with Crippen molar-refractivity contribution in [3.8, 4) is 0 Å². The molecule has 13 heavy (non-hydrogen) atoms.